The molecular formula is C23H24N4O4S. The van der Waals surface area contributed by atoms with E-state index < -0.39 is 29.6 Å². The van der Waals surface area contributed by atoms with Gasteiger partial charge in [0.2, 0.25) is 5.91 Å². The molecule has 166 valence electrons. The second-order valence-corrected chi connectivity index (χ2v) is 9.55. The lowest BCUT2D eigenvalue weighted by Crippen LogP contribution is -2.45. The minimum atomic E-state index is -0.833. The maximum atomic E-state index is 13.6. The van der Waals surface area contributed by atoms with Gasteiger partial charge in [-0.15, -0.1) is 0 Å². The molecule has 1 saturated heterocycles. The van der Waals surface area contributed by atoms with Crippen LogP contribution in [0.4, 0.5) is 10.5 Å². The van der Waals surface area contributed by atoms with Crippen molar-refractivity contribution in [1.82, 2.24) is 9.55 Å². The van der Waals surface area contributed by atoms with Crippen molar-refractivity contribution < 1.29 is 19.1 Å². The fourth-order valence-corrected chi connectivity index (χ4v) is 5.11. The van der Waals surface area contributed by atoms with Crippen molar-refractivity contribution in [3.8, 4) is 0 Å². The van der Waals surface area contributed by atoms with Crippen molar-refractivity contribution in [3.63, 3.8) is 0 Å². The van der Waals surface area contributed by atoms with Crippen LogP contribution in [-0.4, -0.2) is 44.7 Å². The summed E-state index contributed by atoms with van der Waals surface area (Å²) in [7, 11) is 0. The van der Waals surface area contributed by atoms with E-state index in [9.17, 15) is 14.4 Å². The number of amides is 1. The zero-order valence-corrected chi connectivity index (χ0v) is 18.8. The summed E-state index contributed by atoms with van der Waals surface area (Å²) in [6.07, 6.45) is 4.19. The van der Waals surface area contributed by atoms with Crippen LogP contribution < -0.4 is 10.0 Å². The quantitative estimate of drug-likeness (QED) is 0.476. The van der Waals surface area contributed by atoms with E-state index in [0.29, 0.717) is 27.9 Å². The minimum absolute atomic E-state index is 0.244. The Morgan fingerprint density at radius 2 is 1.91 bits per heavy atom. The third kappa shape index (κ3) is 4.08. The maximum Gasteiger partial charge on any atom is 0.419 e. The number of fused-ring (bicyclic) bond motifs is 1. The second kappa shape index (κ2) is 8.31. The maximum absolute atomic E-state index is 13.6. The number of hydrogen-bond acceptors (Lipinski definition) is 7. The second-order valence-electron chi connectivity index (χ2n) is 8.56. The number of carbonyl (C=O) groups is 3. The highest BCUT2D eigenvalue weighted by Gasteiger charge is 2.44. The number of pyridine rings is 1. The smallest absolute Gasteiger partial charge is 0.419 e. The summed E-state index contributed by atoms with van der Waals surface area (Å²) in [4.78, 5) is 42.9. The van der Waals surface area contributed by atoms with Crippen LogP contribution in [0, 0.1) is 5.92 Å². The number of rotatable bonds is 4. The molecule has 2 aromatic heterocycles. The van der Waals surface area contributed by atoms with Gasteiger partial charge in [0.25, 0.3) is 0 Å². The molecule has 9 heteroatoms. The van der Waals surface area contributed by atoms with E-state index in [1.54, 1.807) is 67.8 Å². The molecule has 0 spiro atoms. The van der Waals surface area contributed by atoms with Gasteiger partial charge >= 0.3 is 6.09 Å². The number of primary amides is 1. The van der Waals surface area contributed by atoms with Gasteiger partial charge in [-0.2, -0.15) is 0 Å². The lowest BCUT2D eigenvalue weighted by atomic mass is 9.91. The zero-order chi connectivity index (χ0) is 23.0. The lowest BCUT2D eigenvalue weighted by Gasteiger charge is -2.24. The molecular weight excluding hydrogens is 428 g/mol. The average molecular weight is 453 g/mol. The standard InChI is InChI=1S/C23H24N4O4S/c1-23(2,3)31-22(30)26-12-16(15-8-4-5-9-18(15)26)20(28)17-13-32-27(19(17)21(24)29)14-7-6-10-25-11-14/h4-12,17,19H,13H2,1-3H3,(H2,24,29). The summed E-state index contributed by atoms with van der Waals surface area (Å²) in [5.41, 5.74) is 6.66. The summed E-state index contributed by atoms with van der Waals surface area (Å²) in [5, 5.41) is 0.622. The van der Waals surface area contributed by atoms with Crippen LogP contribution in [0.5, 0.6) is 0 Å². The average Bonchev–Trinajstić information content (AvgIpc) is 3.35. The molecule has 0 radical (unpaired) electrons. The fourth-order valence-electron chi connectivity index (χ4n) is 3.79. The van der Waals surface area contributed by atoms with Crippen molar-refractivity contribution in [2.45, 2.75) is 32.4 Å². The van der Waals surface area contributed by atoms with Gasteiger partial charge in [0.05, 0.1) is 23.3 Å². The van der Waals surface area contributed by atoms with Crippen LogP contribution in [-0.2, 0) is 9.53 Å². The van der Waals surface area contributed by atoms with Crippen LogP contribution >= 0.6 is 11.9 Å². The number of nitrogens with two attached hydrogens (primary N) is 1. The normalized spacial score (nSPS) is 18.7. The van der Waals surface area contributed by atoms with Crippen LogP contribution in [0.25, 0.3) is 10.9 Å². The summed E-state index contributed by atoms with van der Waals surface area (Å²) in [5.74, 6) is -1.12. The number of para-hydroxylation sites is 1. The van der Waals surface area contributed by atoms with E-state index >= 15 is 0 Å². The number of benzene rings is 1. The van der Waals surface area contributed by atoms with Gasteiger partial charge in [-0.3, -0.25) is 19.1 Å². The molecule has 2 N–H and O–H groups in total. The largest absolute Gasteiger partial charge is 0.443 e. The summed E-state index contributed by atoms with van der Waals surface area (Å²) < 4.78 is 8.59. The van der Waals surface area contributed by atoms with Gasteiger partial charge in [-0.1, -0.05) is 18.2 Å². The lowest BCUT2D eigenvalue weighted by molar-refractivity contribution is -0.119. The highest BCUT2D eigenvalue weighted by molar-refractivity contribution is 8.01. The Labute approximate surface area is 189 Å². The van der Waals surface area contributed by atoms with Crippen molar-refractivity contribution in [2.75, 3.05) is 10.1 Å². The number of ketones is 1. The highest BCUT2D eigenvalue weighted by atomic mass is 32.2. The molecule has 1 aliphatic rings. The molecule has 0 saturated carbocycles. The number of anilines is 1. The van der Waals surface area contributed by atoms with Crippen molar-refractivity contribution in [3.05, 3.63) is 60.6 Å². The van der Waals surface area contributed by atoms with Crippen LogP contribution in [0.15, 0.2) is 55.0 Å². The molecule has 4 rings (SSSR count). The van der Waals surface area contributed by atoms with Gasteiger partial charge in [-0.25, -0.2) is 4.79 Å². The van der Waals surface area contributed by atoms with E-state index in [2.05, 4.69) is 4.98 Å². The van der Waals surface area contributed by atoms with Crippen molar-refractivity contribution in [2.24, 2.45) is 11.7 Å². The predicted molar refractivity (Wildman–Crippen MR) is 124 cm³/mol. The molecule has 0 aliphatic carbocycles. The number of nitrogens with zero attached hydrogens (tertiary/aromatic N) is 3. The zero-order valence-electron chi connectivity index (χ0n) is 18.0. The van der Waals surface area contributed by atoms with Gasteiger partial charge in [0, 0.05) is 29.1 Å². The third-order valence-corrected chi connectivity index (χ3v) is 6.35. The predicted octanol–water partition coefficient (Wildman–Crippen LogP) is 3.64. The van der Waals surface area contributed by atoms with Gasteiger partial charge in [-0.05, 0) is 50.9 Å². The Morgan fingerprint density at radius 3 is 2.56 bits per heavy atom. The van der Waals surface area contributed by atoms with E-state index in [1.165, 1.54) is 22.7 Å². The molecule has 32 heavy (non-hydrogen) atoms. The van der Waals surface area contributed by atoms with Crippen LogP contribution in [0.2, 0.25) is 0 Å². The summed E-state index contributed by atoms with van der Waals surface area (Å²) >= 11 is 1.36. The molecule has 1 aromatic carbocycles. The van der Waals surface area contributed by atoms with E-state index in [1.807, 2.05) is 6.07 Å². The number of aromatic nitrogens is 2. The Bertz CT molecular complexity index is 1190. The summed E-state index contributed by atoms with van der Waals surface area (Å²) in [6, 6.07) is 9.88. The van der Waals surface area contributed by atoms with E-state index in [0.717, 1.165) is 0 Å². The highest BCUT2D eigenvalue weighted by Crippen LogP contribution is 2.39. The van der Waals surface area contributed by atoms with Crippen molar-refractivity contribution >= 4 is 46.3 Å². The molecule has 0 bridgehead atoms. The van der Waals surface area contributed by atoms with Gasteiger partial charge in [0.15, 0.2) is 5.78 Å². The molecule has 3 aromatic rings. The number of hydrogen-bond donors (Lipinski definition) is 1. The first-order chi connectivity index (χ1) is 15.2. The fraction of sp³-hybridized carbons (Fsp3) is 0.304. The first-order valence-corrected chi connectivity index (χ1v) is 11.1. The number of carbonyl (C=O) groups excluding carboxylic acids is 3. The van der Waals surface area contributed by atoms with E-state index in [-0.39, 0.29) is 5.78 Å². The molecule has 8 nitrogen and oxygen atoms in total. The van der Waals surface area contributed by atoms with Crippen LogP contribution in [0.3, 0.4) is 0 Å². The molecule has 2 atom stereocenters. The number of ether oxygens (including phenoxy) is 1. The Hall–Kier alpha value is -3.33. The molecule has 3 heterocycles. The Kier molecular flexibility index (Phi) is 5.68. The Balaban J connectivity index is 1.72. The minimum Gasteiger partial charge on any atom is -0.443 e. The van der Waals surface area contributed by atoms with Gasteiger partial charge in [0.1, 0.15) is 11.6 Å². The molecule has 1 amide bonds. The van der Waals surface area contributed by atoms with E-state index in [4.69, 9.17) is 10.5 Å². The van der Waals surface area contributed by atoms with Crippen LogP contribution in [0.1, 0.15) is 31.1 Å². The monoisotopic (exact) mass is 452 g/mol. The SMILES string of the molecule is CC(C)(C)OC(=O)n1cc(C(=O)C2CSN(c3cccnc3)C2C(N)=O)c2ccccc21. The first kappa shape index (κ1) is 21.9. The summed E-state index contributed by atoms with van der Waals surface area (Å²) in [6.45, 7) is 5.34. The molecule has 2 unspecified atom stereocenters. The number of Topliss-reactive ketones (excluding diaryl/α,β-unsaturated/α-hetero) is 1. The first-order valence-electron chi connectivity index (χ1n) is 10.2. The van der Waals surface area contributed by atoms with Crippen molar-refractivity contribution in [1.29, 1.82) is 0 Å². The topological polar surface area (TPSA) is 108 Å². The third-order valence-electron chi connectivity index (χ3n) is 5.12. The molecule has 1 aliphatic heterocycles. The Morgan fingerprint density at radius 1 is 1.16 bits per heavy atom. The molecule has 1 fully saturated rings. The van der Waals surface area contributed by atoms with Gasteiger partial charge < -0.3 is 14.8 Å².